The number of benzene rings is 3. The van der Waals surface area contributed by atoms with Crippen molar-refractivity contribution in [2.24, 2.45) is 0 Å². The van der Waals surface area contributed by atoms with Crippen LogP contribution in [0.15, 0.2) is 66.7 Å². The van der Waals surface area contributed by atoms with Crippen LogP contribution in [0.25, 0.3) is 0 Å². The Morgan fingerprint density at radius 2 is 1.03 bits per heavy atom. The molecular formula is C30H40BiN. The van der Waals surface area contributed by atoms with E-state index >= 15 is 0 Å². The first-order chi connectivity index (χ1) is 15.5. The maximum atomic E-state index is 2.50. The fraction of sp³-hybridized carbons (Fsp3) is 0.400. The van der Waals surface area contributed by atoms with E-state index in [0.717, 1.165) is 13.0 Å². The van der Waals surface area contributed by atoms with Crippen molar-refractivity contribution in [1.82, 2.24) is 4.90 Å². The summed E-state index contributed by atoms with van der Waals surface area (Å²) in [6.45, 7) is 7.81. The van der Waals surface area contributed by atoms with Gasteiger partial charge in [-0.05, 0) is 0 Å². The summed E-state index contributed by atoms with van der Waals surface area (Å²) in [7, 11) is 4.39. The van der Waals surface area contributed by atoms with Gasteiger partial charge >= 0.3 is 205 Å². The molecule has 2 heteroatoms. The number of rotatable bonds is 11. The molecule has 0 radical (unpaired) electrons. The zero-order chi connectivity index (χ0) is 22.9. The first-order valence-electron chi connectivity index (χ1n) is 12.3. The Morgan fingerprint density at radius 1 is 0.594 bits per heavy atom. The summed E-state index contributed by atoms with van der Waals surface area (Å²) >= 11 is -2.40. The minimum atomic E-state index is -2.40. The van der Waals surface area contributed by atoms with E-state index < -0.39 is 21.8 Å². The zero-order valence-electron chi connectivity index (χ0n) is 20.7. The Balaban J connectivity index is 2.11. The van der Waals surface area contributed by atoms with Gasteiger partial charge in [-0.25, -0.2) is 0 Å². The van der Waals surface area contributed by atoms with Gasteiger partial charge < -0.3 is 0 Å². The Morgan fingerprint density at radius 3 is 1.47 bits per heavy atom. The molecule has 32 heavy (non-hydrogen) atoms. The second-order valence-corrected chi connectivity index (χ2v) is 17.6. The summed E-state index contributed by atoms with van der Waals surface area (Å²) in [5, 5.41) is 0. The van der Waals surface area contributed by atoms with Crippen LogP contribution in [0.5, 0.6) is 0 Å². The van der Waals surface area contributed by atoms with Crippen molar-refractivity contribution < 1.29 is 0 Å². The van der Waals surface area contributed by atoms with Crippen LogP contribution in [0.4, 0.5) is 0 Å². The zero-order valence-corrected chi connectivity index (χ0v) is 24.2. The van der Waals surface area contributed by atoms with Crippen molar-refractivity contribution in [3.63, 3.8) is 0 Å². The van der Waals surface area contributed by atoms with Crippen LogP contribution < -0.4 is 9.81 Å². The fourth-order valence-electron chi connectivity index (χ4n) is 4.40. The molecule has 0 aliphatic rings. The van der Waals surface area contributed by atoms with Crippen molar-refractivity contribution >= 4 is 31.6 Å². The van der Waals surface area contributed by atoms with E-state index in [4.69, 9.17) is 0 Å². The molecule has 0 N–H and O–H groups in total. The summed E-state index contributed by atoms with van der Waals surface area (Å²) in [5.41, 5.74) is 5.94. The third-order valence-corrected chi connectivity index (χ3v) is 15.8. The molecule has 0 amide bonds. The van der Waals surface area contributed by atoms with Gasteiger partial charge in [0.15, 0.2) is 0 Å². The summed E-state index contributed by atoms with van der Waals surface area (Å²) in [6.07, 6.45) is 7.11. The molecule has 0 heterocycles. The predicted octanol–water partition coefficient (Wildman–Crippen LogP) is 5.12. The third kappa shape index (κ3) is 6.75. The molecule has 3 aromatic rings. The van der Waals surface area contributed by atoms with Crippen LogP contribution in [0.3, 0.4) is 0 Å². The van der Waals surface area contributed by atoms with E-state index in [9.17, 15) is 0 Å². The second-order valence-electron chi connectivity index (χ2n) is 9.12. The second kappa shape index (κ2) is 12.7. The van der Waals surface area contributed by atoms with Crippen LogP contribution in [-0.4, -0.2) is 40.7 Å². The number of aryl methyl sites for hydroxylation is 3. The third-order valence-electron chi connectivity index (χ3n) is 5.88. The molecule has 170 valence electrons. The van der Waals surface area contributed by atoms with Crippen LogP contribution in [0, 0.1) is 0 Å². The molecule has 0 aromatic heterocycles. The first-order valence-corrected chi connectivity index (χ1v) is 17.5. The predicted molar refractivity (Wildman–Crippen MR) is 143 cm³/mol. The Kier molecular flexibility index (Phi) is 9.95. The van der Waals surface area contributed by atoms with Gasteiger partial charge in [-0.15, -0.1) is 0 Å². The Hall–Kier alpha value is -1.50. The normalized spacial score (nSPS) is 11.5. The quantitative estimate of drug-likeness (QED) is 0.268. The van der Waals surface area contributed by atoms with Crippen molar-refractivity contribution in [3.8, 4) is 0 Å². The van der Waals surface area contributed by atoms with E-state index in [1.807, 2.05) is 0 Å². The standard InChI is InChI=1S/C12H18N.2C9H11.Bi/c1-4-6-11-7-5-8-12(9-11)10-13(2)3;2*1-2-6-9-7-4-3-5-8-9;/h5,7,9H,4,6,10H2,1-3H3;2*4-5,7-8H,2,6H2,1H3;. The fourth-order valence-corrected chi connectivity index (χ4v) is 13.7. The SMILES string of the molecule is CCCc1cc[c]([Bi]([c]2ccc(CCC)cc2)[c]2ccc(CCC)cc2CN(C)C)cc1. The minimum absolute atomic E-state index is 1.01. The van der Waals surface area contributed by atoms with Gasteiger partial charge in [-0.1, -0.05) is 0 Å². The monoisotopic (exact) mass is 623 g/mol. The molecule has 1 nitrogen and oxygen atoms in total. The molecule has 0 unspecified atom stereocenters. The summed E-state index contributed by atoms with van der Waals surface area (Å²) in [4.78, 5) is 2.32. The average molecular weight is 624 g/mol. The van der Waals surface area contributed by atoms with Crippen LogP contribution in [-0.2, 0) is 25.8 Å². The van der Waals surface area contributed by atoms with E-state index in [0.29, 0.717) is 0 Å². The molecule has 3 rings (SSSR count). The van der Waals surface area contributed by atoms with Gasteiger partial charge in [-0.3, -0.25) is 0 Å². The van der Waals surface area contributed by atoms with Crippen molar-refractivity contribution in [1.29, 1.82) is 0 Å². The van der Waals surface area contributed by atoms with Crippen LogP contribution >= 0.6 is 0 Å². The summed E-state index contributed by atoms with van der Waals surface area (Å²) in [5.74, 6) is 0. The molecule has 0 fully saturated rings. The number of hydrogen-bond donors (Lipinski definition) is 0. The van der Waals surface area contributed by atoms with Crippen LogP contribution in [0.1, 0.15) is 62.3 Å². The van der Waals surface area contributed by atoms with Gasteiger partial charge in [0.05, 0.1) is 0 Å². The Labute approximate surface area is 204 Å². The molecule has 0 spiro atoms. The molecular weight excluding hydrogens is 583 g/mol. The average Bonchev–Trinajstić information content (AvgIpc) is 2.78. The van der Waals surface area contributed by atoms with Gasteiger partial charge in [-0.2, -0.15) is 0 Å². The van der Waals surface area contributed by atoms with E-state index in [1.54, 1.807) is 9.81 Å². The Bertz CT molecular complexity index is 908. The molecule has 0 aliphatic carbocycles. The number of hydrogen-bond acceptors (Lipinski definition) is 1. The van der Waals surface area contributed by atoms with E-state index in [1.165, 1.54) is 54.4 Å². The summed E-state index contributed by atoms with van der Waals surface area (Å²) < 4.78 is 4.82. The molecule has 0 saturated carbocycles. The maximum absolute atomic E-state index is 2.50. The molecule has 0 atom stereocenters. The van der Waals surface area contributed by atoms with Gasteiger partial charge in [0.25, 0.3) is 0 Å². The summed E-state index contributed by atoms with van der Waals surface area (Å²) in [6, 6.07) is 26.7. The number of nitrogens with zero attached hydrogens (tertiary/aromatic N) is 1. The van der Waals surface area contributed by atoms with Crippen molar-refractivity contribution in [2.45, 2.75) is 65.8 Å². The van der Waals surface area contributed by atoms with E-state index in [2.05, 4.69) is 106 Å². The van der Waals surface area contributed by atoms with Crippen molar-refractivity contribution in [2.75, 3.05) is 14.1 Å². The van der Waals surface area contributed by atoms with Gasteiger partial charge in [0.2, 0.25) is 0 Å². The van der Waals surface area contributed by atoms with Crippen LogP contribution in [0.2, 0.25) is 0 Å². The van der Waals surface area contributed by atoms with Crippen molar-refractivity contribution in [3.05, 3.63) is 89.0 Å². The molecule has 3 aromatic carbocycles. The molecule has 0 saturated heterocycles. The van der Waals surface area contributed by atoms with Gasteiger partial charge in [0.1, 0.15) is 0 Å². The first kappa shape index (κ1) is 25.1. The van der Waals surface area contributed by atoms with E-state index in [-0.39, 0.29) is 0 Å². The van der Waals surface area contributed by atoms with Gasteiger partial charge in [0, 0.05) is 0 Å². The topological polar surface area (TPSA) is 3.24 Å². The molecule has 0 aliphatic heterocycles. The molecule has 0 bridgehead atoms.